The van der Waals surface area contributed by atoms with Gasteiger partial charge in [-0.15, -0.1) is 0 Å². The van der Waals surface area contributed by atoms with Crippen LogP contribution in [0.2, 0.25) is 0 Å². The summed E-state index contributed by atoms with van der Waals surface area (Å²) >= 11 is 0. The molecule has 0 saturated carbocycles. The zero-order valence-corrected chi connectivity index (χ0v) is 13.9. The second kappa shape index (κ2) is 7.04. The lowest BCUT2D eigenvalue weighted by atomic mass is 10.2. The largest absolute Gasteiger partial charge is 0.379 e. The molecule has 1 saturated heterocycles. The van der Waals surface area contributed by atoms with Crippen LogP contribution >= 0.6 is 0 Å². The maximum absolute atomic E-state index is 12.1. The molecule has 2 aromatic carbocycles. The lowest BCUT2D eigenvalue weighted by Gasteiger charge is -2.25. The summed E-state index contributed by atoms with van der Waals surface area (Å²) in [5.41, 5.74) is 2.71. The third-order valence-electron chi connectivity index (χ3n) is 4.30. The van der Waals surface area contributed by atoms with Gasteiger partial charge >= 0.3 is 0 Å². The van der Waals surface area contributed by atoms with Gasteiger partial charge in [0, 0.05) is 30.4 Å². The van der Waals surface area contributed by atoms with E-state index in [1.165, 1.54) is 0 Å². The van der Waals surface area contributed by atoms with Crippen LogP contribution in [-0.4, -0.2) is 53.4 Å². The molecule has 1 aromatic heterocycles. The van der Waals surface area contributed by atoms with E-state index in [9.17, 15) is 4.79 Å². The Hall–Kier alpha value is -2.70. The van der Waals surface area contributed by atoms with Gasteiger partial charge in [0.25, 0.3) is 0 Å². The van der Waals surface area contributed by atoms with E-state index < -0.39 is 0 Å². The molecule has 0 spiro atoms. The molecule has 128 valence electrons. The number of morpholine rings is 1. The number of anilines is 1. The van der Waals surface area contributed by atoms with Gasteiger partial charge < -0.3 is 10.1 Å². The number of fused-ring (bicyclic) bond motifs is 1. The van der Waals surface area contributed by atoms with Crippen LogP contribution in [0, 0.1) is 0 Å². The number of rotatable bonds is 4. The third-order valence-corrected chi connectivity index (χ3v) is 4.30. The van der Waals surface area contributed by atoms with Crippen molar-refractivity contribution in [1.29, 1.82) is 0 Å². The zero-order chi connectivity index (χ0) is 17.1. The molecule has 1 aliphatic rings. The summed E-state index contributed by atoms with van der Waals surface area (Å²) in [4.78, 5) is 14.2. The van der Waals surface area contributed by atoms with Crippen LogP contribution < -0.4 is 5.32 Å². The van der Waals surface area contributed by atoms with E-state index >= 15 is 0 Å². The summed E-state index contributed by atoms with van der Waals surface area (Å²) in [6.45, 7) is 3.40. The minimum atomic E-state index is -0.000484. The molecule has 6 heteroatoms. The van der Waals surface area contributed by atoms with E-state index in [1.807, 2.05) is 59.4 Å². The predicted octanol–water partition coefficient (Wildman–Crippen LogP) is 2.30. The van der Waals surface area contributed by atoms with E-state index in [-0.39, 0.29) is 5.91 Å². The standard InChI is InChI=1S/C19H20N4O2/c24-19(14-22-9-11-25-12-10-22)20-16-5-7-17(8-6-16)23-13-15-3-1-2-4-18(15)21-23/h1-8,13H,9-12,14H2,(H,20,24). The first-order valence-corrected chi connectivity index (χ1v) is 8.43. The number of hydrogen-bond donors (Lipinski definition) is 1. The van der Waals surface area contributed by atoms with Crippen LogP contribution in [0.4, 0.5) is 5.69 Å². The zero-order valence-electron chi connectivity index (χ0n) is 13.9. The molecule has 2 heterocycles. The minimum Gasteiger partial charge on any atom is -0.379 e. The fourth-order valence-corrected chi connectivity index (χ4v) is 2.96. The maximum Gasteiger partial charge on any atom is 0.238 e. The van der Waals surface area contributed by atoms with E-state index in [1.54, 1.807) is 0 Å². The molecule has 0 radical (unpaired) electrons. The van der Waals surface area contributed by atoms with Crippen LogP contribution in [0.3, 0.4) is 0 Å². The molecule has 3 aromatic rings. The van der Waals surface area contributed by atoms with Crippen molar-refractivity contribution in [2.75, 3.05) is 38.2 Å². The molecule has 0 aliphatic carbocycles. The Morgan fingerprint density at radius 3 is 2.60 bits per heavy atom. The van der Waals surface area contributed by atoms with Gasteiger partial charge in [0.05, 0.1) is 31.0 Å². The molecule has 4 rings (SSSR count). The smallest absolute Gasteiger partial charge is 0.238 e. The second-order valence-electron chi connectivity index (χ2n) is 6.12. The third kappa shape index (κ3) is 3.70. The fraction of sp³-hybridized carbons (Fsp3) is 0.263. The lowest BCUT2D eigenvalue weighted by Crippen LogP contribution is -2.41. The first-order valence-electron chi connectivity index (χ1n) is 8.43. The van der Waals surface area contributed by atoms with Gasteiger partial charge in [0.15, 0.2) is 0 Å². The van der Waals surface area contributed by atoms with Crippen LogP contribution in [0.25, 0.3) is 16.6 Å². The number of nitrogens with zero attached hydrogens (tertiary/aromatic N) is 3. The second-order valence-corrected chi connectivity index (χ2v) is 6.12. The Morgan fingerprint density at radius 2 is 1.84 bits per heavy atom. The topological polar surface area (TPSA) is 59.4 Å². The minimum absolute atomic E-state index is 0.000484. The van der Waals surface area contributed by atoms with Crippen molar-refractivity contribution < 1.29 is 9.53 Å². The Morgan fingerprint density at radius 1 is 1.08 bits per heavy atom. The van der Waals surface area contributed by atoms with E-state index in [4.69, 9.17) is 4.74 Å². The average molecular weight is 336 g/mol. The van der Waals surface area contributed by atoms with Gasteiger partial charge in [-0.25, -0.2) is 4.68 Å². The Labute approximate surface area is 146 Å². The monoisotopic (exact) mass is 336 g/mol. The average Bonchev–Trinajstić information content (AvgIpc) is 3.07. The Kier molecular flexibility index (Phi) is 4.45. The van der Waals surface area contributed by atoms with Crippen molar-refractivity contribution >= 4 is 22.5 Å². The quantitative estimate of drug-likeness (QED) is 0.794. The summed E-state index contributed by atoms with van der Waals surface area (Å²) in [5.74, 6) is -0.000484. The lowest BCUT2D eigenvalue weighted by molar-refractivity contribution is -0.118. The summed E-state index contributed by atoms with van der Waals surface area (Å²) in [6.07, 6.45) is 2.00. The van der Waals surface area contributed by atoms with Crippen LogP contribution in [0.1, 0.15) is 0 Å². The summed E-state index contributed by atoms with van der Waals surface area (Å²) < 4.78 is 7.15. The van der Waals surface area contributed by atoms with Gasteiger partial charge in [-0.05, 0) is 30.3 Å². The molecule has 0 atom stereocenters. The Balaban J connectivity index is 1.41. The van der Waals surface area contributed by atoms with Crippen molar-refractivity contribution in [3.05, 3.63) is 54.7 Å². The highest BCUT2D eigenvalue weighted by molar-refractivity contribution is 5.92. The number of carbonyl (C=O) groups excluding carboxylic acids is 1. The molecule has 1 amide bonds. The van der Waals surface area contributed by atoms with Gasteiger partial charge in [-0.2, -0.15) is 5.10 Å². The molecule has 0 bridgehead atoms. The molecule has 1 aliphatic heterocycles. The van der Waals surface area contributed by atoms with Crippen molar-refractivity contribution in [2.45, 2.75) is 0 Å². The summed E-state index contributed by atoms with van der Waals surface area (Å²) in [5, 5.41) is 8.61. The van der Waals surface area contributed by atoms with Gasteiger partial charge in [0.1, 0.15) is 0 Å². The van der Waals surface area contributed by atoms with E-state index in [2.05, 4.69) is 15.3 Å². The molecule has 6 nitrogen and oxygen atoms in total. The van der Waals surface area contributed by atoms with Crippen molar-refractivity contribution in [1.82, 2.24) is 14.7 Å². The van der Waals surface area contributed by atoms with E-state index in [0.29, 0.717) is 19.8 Å². The molecular formula is C19H20N4O2. The normalized spacial score (nSPS) is 15.4. The number of amides is 1. The fourth-order valence-electron chi connectivity index (χ4n) is 2.96. The number of benzene rings is 2. The van der Waals surface area contributed by atoms with Crippen molar-refractivity contribution in [3.63, 3.8) is 0 Å². The first-order chi connectivity index (χ1) is 12.3. The highest BCUT2D eigenvalue weighted by atomic mass is 16.5. The molecule has 25 heavy (non-hydrogen) atoms. The maximum atomic E-state index is 12.1. The Bertz CT molecular complexity index is 834. The molecule has 1 N–H and O–H groups in total. The summed E-state index contributed by atoms with van der Waals surface area (Å²) in [7, 11) is 0. The highest BCUT2D eigenvalue weighted by Crippen LogP contribution is 2.17. The van der Waals surface area contributed by atoms with Gasteiger partial charge in [0.2, 0.25) is 5.91 Å². The number of ether oxygens (including phenoxy) is 1. The number of carbonyl (C=O) groups is 1. The number of hydrogen-bond acceptors (Lipinski definition) is 4. The van der Waals surface area contributed by atoms with Crippen molar-refractivity contribution in [3.8, 4) is 5.69 Å². The van der Waals surface area contributed by atoms with Crippen LogP contribution in [-0.2, 0) is 9.53 Å². The van der Waals surface area contributed by atoms with Gasteiger partial charge in [-0.1, -0.05) is 18.2 Å². The van der Waals surface area contributed by atoms with Crippen LogP contribution in [0.15, 0.2) is 54.7 Å². The number of aromatic nitrogens is 2. The van der Waals surface area contributed by atoms with Crippen LogP contribution in [0.5, 0.6) is 0 Å². The first kappa shape index (κ1) is 15.8. The summed E-state index contributed by atoms with van der Waals surface area (Å²) in [6, 6.07) is 15.7. The van der Waals surface area contributed by atoms with Gasteiger partial charge in [-0.3, -0.25) is 9.69 Å². The molecular weight excluding hydrogens is 316 g/mol. The molecule has 0 unspecified atom stereocenters. The number of nitrogens with one attached hydrogen (secondary N) is 1. The molecule has 1 fully saturated rings. The SMILES string of the molecule is O=C(CN1CCOCC1)Nc1ccc(-n2cc3ccccc3n2)cc1. The van der Waals surface area contributed by atoms with E-state index in [0.717, 1.165) is 35.4 Å². The van der Waals surface area contributed by atoms with Crippen molar-refractivity contribution in [2.24, 2.45) is 0 Å². The predicted molar refractivity (Wildman–Crippen MR) is 97.0 cm³/mol. The highest BCUT2D eigenvalue weighted by Gasteiger charge is 2.14.